The monoisotopic (exact) mass is 183 g/mol. The van der Waals surface area contributed by atoms with E-state index in [2.05, 4.69) is 16.9 Å². The van der Waals surface area contributed by atoms with E-state index in [0.29, 0.717) is 17.3 Å². The van der Waals surface area contributed by atoms with Gasteiger partial charge in [-0.1, -0.05) is 18.2 Å². The number of nitrogens with two attached hydrogens (primary N) is 1. The Kier molecular flexibility index (Phi) is 2.94. The van der Waals surface area contributed by atoms with Gasteiger partial charge in [0.05, 0.1) is 24.1 Å². The fraction of sp³-hybridized carbons (Fsp3) is 0.125. The van der Waals surface area contributed by atoms with Gasteiger partial charge in [0.25, 0.3) is 0 Å². The van der Waals surface area contributed by atoms with E-state index in [-0.39, 0.29) is 0 Å². The third-order valence-electron chi connectivity index (χ3n) is 1.33. The third-order valence-corrected chi connectivity index (χ3v) is 1.46. The number of aromatic nitrogens is 1. The highest BCUT2D eigenvalue weighted by molar-refractivity contribution is 6.29. The molecule has 0 unspecified atom stereocenters. The molecule has 1 heterocycles. The first-order chi connectivity index (χ1) is 5.70. The Balaban J connectivity index is 2.63. The van der Waals surface area contributed by atoms with Crippen molar-refractivity contribution in [1.82, 2.24) is 4.98 Å². The van der Waals surface area contributed by atoms with E-state index in [9.17, 15) is 0 Å². The number of anilines is 2. The van der Waals surface area contributed by atoms with E-state index in [0.717, 1.165) is 5.69 Å². The van der Waals surface area contributed by atoms with Gasteiger partial charge in [-0.15, -0.1) is 0 Å². The fourth-order valence-electron chi connectivity index (χ4n) is 0.744. The van der Waals surface area contributed by atoms with Crippen LogP contribution in [0, 0.1) is 0 Å². The van der Waals surface area contributed by atoms with Crippen LogP contribution in [0.15, 0.2) is 30.1 Å². The van der Waals surface area contributed by atoms with Crippen molar-refractivity contribution in [2.75, 3.05) is 17.6 Å². The molecular weight excluding hydrogens is 174 g/mol. The van der Waals surface area contributed by atoms with Crippen molar-refractivity contribution in [1.29, 1.82) is 0 Å². The van der Waals surface area contributed by atoms with Gasteiger partial charge in [-0.2, -0.15) is 0 Å². The molecule has 1 rings (SSSR count). The molecule has 0 saturated carbocycles. The molecule has 0 amide bonds. The highest BCUT2D eigenvalue weighted by Gasteiger charge is 1.96. The molecule has 64 valence electrons. The summed E-state index contributed by atoms with van der Waals surface area (Å²) in [4.78, 5) is 3.91. The fourth-order valence-corrected chi connectivity index (χ4v) is 0.811. The summed E-state index contributed by atoms with van der Waals surface area (Å²) in [6, 6.07) is 1.72. The zero-order chi connectivity index (χ0) is 8.97. The lowest BCUT2D eigenvalue weighted by Crippen LogP contribution is -2.03. The number of nitrogen functional groups attached to an aromatic ring is 1. The van der Waals surface area contributed by atoms with Gasteiger partial charge in [-0.3, -0.25) is 4.98 Å². The van der Waals surface area contributed by atoms with Gasteiger partial charge in [0, 0.05) is 11.2 Å². The summed E-state index contributed by atoms with van der Waals surface area (Å²) >= 11 is 5.56. The molecule has 1 aromatic rings. The first-order valence-corrected chi connectivity index (χ1v) is 3.84. The number of nitrogens with zero attached hydrogens (tertiary/aromatic N) is 1. The molecule has 4 heteroatoms. The SMILES string of the molecule is C=C(Cl)CNc1cnccc1N. The van der Waals surface area contributed by atoms with E-state index in [1.807, 2.05) is 0 Å². The summed E-state index contributed by atoms with van der Waals surface area (Å²) < 4.78 is 0. The minimum Gasteiger partial charge on any atom is -0.397 e. The summed E-state index contributed by atoms with van der Waals surface area (Å²) in [5.74, 6) is 0. The zero-order valence-electron chi connectivity index (χ0n) is 6.55. The second-order valence-corrected chi connectivity index (χ2v) is 2.87. The zero-order valence-corrected chi connectivity index (χ0v) is 7.30. The summed E-state index contributed by atoms with van der Waals surface area (Å²) in [5.41, 5.74) is 7.06. The van der Waals surface area contributed by atoms with Crippen LogP contribution in [0.25, 0.3) is 0 Å². The van der Waals surface area contributed by atoms with Gasteiger partial charge in [0.15, 0.2) is 0 Å². The molecule has 0 atom stereocenters. The van der Waals surface area contributed by atoms with Crippen molar-refractivity contribution in [2.24, 2.45) is 0 Å². The predicted octanol–water partition coefficient (Wildman–Crippen LogP) is 1.83. The molecule has 0 bridgehead atoms. The number of hydrogen-bond acceptors (Lipinski definition) is 3. The lowest BCUT2D eigenvalue weighted by atomic mass is 10.3. The van der Waals surface area contributed by atoms with Crippen molar-refractivity contribution in [2.45, 2.75) is 0 Å². The first-order valence-electron chi connectivity index (χ1n) is 3.47. The van der Waals surface area contributed by atoms with E-state index in [1.165, 1.54) is 0 Å². The summed E-state index contributed by atoms with van der Waals surface area (Å²) in [7, 11) is 0. The molecule has 12 heavy (non-hydrogen) atoms. The van der Waals surface area contributed by atoms with Crippen molar-refractivity contribution in [3.63, 3.8) is 0 Å². The Hall–Kier alpha value is -1.22. The average molecular weight is 184 g/mol. The van der Waals surface area contributed by atoms with Gasteiger partial charge < -0.3 is 11.1 Å². The van der Waals surface area contributed by atoms with Crippen molar-refractivity contribution < 1.29 is 0 Å². The maximum absolute atomic E-state index is 5.63. The van der Waals surface area contributed by atoms with Crippen LogP contribution in [0.4, 0.5) is 11.4 Å². The Morgan fingerprint density at radius 3 is 3.08 bits per heavy atom. The van der Waals surface area contributed by atoms with Crippen LogP contribution in [-0.4, -0.2) is 11.5 Å². The highest BCUT2D eigenvalue weighted by Crippen LogP contribution is 2.15. The topological polar surface area (TPSA) is 50.9 Å². The maximum atomic E-state index is 5.63. The average Bonchev–Trinajstić information content (AvgIpc) is 2.03. The standard InChI is InChI=1S/C8H10ClN3/c1-6(9)4-12-8-5-11-3-2-7(8)10/h2-3,5,12H,1,4H2,(H2,10,11). The maximum Gasteiger partial charge on any atom is 0.0763 e. The van der Waals surface area contributed by atoms with Crippen LogP contribution in [0.1, 0.15) is 0 Å². The quantitative estimate of drug-likeness (QED) is 0.752. The second kappa shape index (κ2) is 3.97. The smallest absolute Gasteiger partial charge is 0.0763 e. The molecule has 0 aliphatic heterocycles. The van der Waals surface area contributed by atoms with Crippen molar-refractivity contribution in [3.05, 3.63) is 30.1 Å². The summed E-state index contributed by atoms with van der Waals surface area (Å²) in [6.45, 7) is 4.04. The molecule has 0 radical (unpaired) electrons. The lowest BCUT2D eigenvalue weighted by molar-refractivity contribution is 1.26. The molecule has 0 aliphatic rings. The van der Waals surface area contributed by atoms with Crippen LogP contribution >= 0.6 is 11.6 Å². The Bertz CT molecular complexity index is 285. The molecule has 1 aromatic heterocycles. The van der Waals surface area contributed by atoms with Crippen LogP contribution in [0.3, 0.4) is 0 Å². The molecule has 3 nitrogen and oxygen atoms in total. The van der Waals surface area contributed by atoms with Crippen LogP contribution in [0.2, 0.25) is 0 Å². The van der Waals surface area contributed by atoms with E-state index >= 15 is 0 Å². The minimum atomic E-state index is 0.497. The van der Waals surface area contributed by atoms with Gasteiger partial charge in [0.1, 0.15) is 0 Å². The van der Waals surface area contributed by atoms with Crippen LogP contribution in [0.5, 0.6) is 0 Å². The highest BCUT2D eigenvalue weighted by atomic mass is 35.5. The molecule has 3 N–H and O–H groups in total. The normalized spacial score (nSPS) is 9.42. The van der Waals surface area contributed by atoms with Crippen LogP contribution in [-0.2, 0) is 0 Å². The molecule has 0 saturated heterocycles. The predicted molar refractivity (Wildman–Crippen MR) is 52.1 cm³/mol. The summed E-state index contributed by atoms with van der Waals surface area (Å²) in [6.07, 6.45) is 3.28. The van der Waals surface area contributed by atoms with E-state index in [4.69, 9.17) is 17.3 Å². The van der Waals surface area contributed by atoms with Crippen molar-refractivity contribution >= 4 is 23.0 Å². The lowest BCUT2D eigenvalue weighted by Gasteiger charge is -2.06. The molecule has 0 spiro atoms. The largest absolute Gasteiger partial charge is 0.397 e. The molecule has 0 aromatic carbocycles. The van der Waals surface area contributed by atoms with Gasteiger partial charge >= 0.3 is 0 Å². The number of halogens is 1. The number of hydrogen-bond donors (Lipinski definition) is 2. The van der Waals surface area contributed by atoms with Crippen LogP contribution < -0.4 is 11.1 Å². The summed E-state index contributed by atoms with van der Waals surface area (Å²) in [5, 5.41) is 3.53. The Labute approximate surface area is 76.2 Å². The van der Waals surface area contributed by atoms with Crippen molar-refractivity contribution in [3.8, 4) is 0 Å². The minimum absolute atomic E-state index is 0.497. The second-order valence-electron chi connectivity index (χ2n) is 2.33. The number of nitrogens with one attached hydrogen (secondary N) is 1. The molecule has 0 fully saturated rings. The Morgan fingerprint density at radius 1 is 1.75 bits per heavy atom. The van der Waals surface area contributed by atoms with Gasteiger partial charge in [0.2, 0.25) is 0 Å². The van der Waals surface area contributed by atoms with E-state index < -0.39 is 0 Å². The van der Waals surface area contributed by atoms with Gasteiger partial charge in [-0.25, -0.2) is 0 Å². The van der Waals surface area contributed by atoms with Gasteiger partial charge in [-0.05, 0) is 6.07 Å². The molecule has 0 aliphatic carbocycles. The molecular formula is C8H10ClN3. The number of pyridine rings is 1. The number of rotatable bonds is 3. The first kappa shape index (κ1) is 8.87. The van der Waals surface area contributed by atoms with E-state index in [1.54, 1.807) is 18.5 Å². The third kappa shape index (κ3) is 2.43. The Morgan fingerprint density at radius 2 is 2.50 bits per heavy atom.